The molecule has 0 fully saturated rings. The molecule has 1 amide bonds. The van der Waals surface area contributed by atoms with Gasteiger partial charge in [0.05, 0.1) is 0 Å². The summed E-state index contributed by atoms with van der Waals surface area (Å²) in [5, 5.41) is 2.75. The van der Waals surface area contributed by atoms with Crippen LogP contribution in [-0.4, -0.2) is 29.8 Å². The van der Waals surface area contributed by atoms with Gasteiger partial charge in [-0.25, -0.2) is 0 Å². The minimum absolute atomic E-state index is 0.0697. The highest BCUT2D eigenvalue weighted by Crippen LogP contribution is 2.30. The maximum atomic E-state index is 12.3. The smallest absolute Gasteiger partial charge is 0.308 e. The molecular formula is C24H25NO9. The van der Waals surface area contributed by atoms with Crippen LogP contribution in [0.5, 0.6) is 23.0 Å². The Labute approximate surface area is 196 Å². The molecule has 34 heavy (non-hydrogen) atoms. The number of ether oxygens (including phenoxy) is 4. The van der Waals surface area contributed by atoms with E-state index in [0.29, 0.717) is 17.5 Å². The number of aryl methyl sites for hydroxylation is 1. The molecule has 0 heterocycles. The summed E-state index contributed by atoms with van der Waals surface area (Å²) in [7, 11) is 0. The number of rotatable bonds is 9. The minimum atomic E-state index is -0.581. The number of carbonyl (C=O) groups excluding carboxylic acids is 5. The minimum Gasteiger partial charge on any atom is -0.423 e. The molecular weight excluding hydrogens is 446 g/mol. The van der Waals surface area contributed by atoms with E-state index in [1.807, 2.05) is 0 Å². The molecule has 0 aliphatic carbocycles. The second kappa shape index (κ2) is 12.1. The van der Waals surface area contributed by atoms with Gasteiger partial charge in [0.15, 0.2) is 23.0 Å². The van der Waals surface area contributed by atoms with E-state index in [1.54, 1.807) is 12.1 Å². The Bertz CT molecular complexity index is 1020. The van der Waals surface area contributed by atoms with Crippen molar-refractivity contribution in [1.29, 1.82) is 0 Å². The predicted octanol–water partition coefficient (Wildman–Crippen LogP) is 2.64. The summed E-state index contributed by atoms with van der Waals surface area (Å²) in [4.78, 5) is 57.4. The highest BCUT2D eigenvalue weighted by molar-refractivity contribution is 5.77. The molecule has 0 aliphatic rings. The average Bonchev–Trinajstić information content (AvgIpc) is 2.72. The number of amides is 1. The van der Waals surface area contributed by atoms with Gasteiger partial charge in [0.1, 0.15) is 0 Å². The monoisotopic (exact) mass is 471 g/mol. The lowest BCUT2D eigenvalue weighted by Crippen LogP contribution is -2.23. The maximum absolute atomic E-state index is 12.3. The van der Waals surface area contributed by atoms with Gasteiger partial charge < -0.3 is 24.3 Å². The number of nitrogens with one attached hydrogen (secondary N) is 1. The van der Waals surface area contributed by atoms with Gasteiger partial charge in [-0.1, -0.05) is 12.1 Å². The van der Waals surface area contributed by atoms with Crippen molar-refractivity contribution in [2.75, 3.05) is 0 Å². The van der Waals surface area contributed by atoms with Crippen molar-refractivity contribution < 1.29 is 42.9 Å². The lowest BCUT2D eigenvalue weighted by atomic mass is 10.1. The first-order valence-electron chi connectivity index (χ1n) is 10.3. The Morgan fingerprint density at radius 2 is 1.03 bits per heavy atom. The van der Waals surface area contributed by atoms with Crippen LogP contribution in [0.15, 0.2) is 36.4 Å². The third-order valence-electron chi connectivity index (χ3n) is 4.16. The molecule has 1 N–H and O–H groups in total. The van der Waals surface area contributed by atoms with Gasteiger partial charge >= 0.3 is 23.9 Å². The van der Waals surface area contributed by atoms with Crippen molar-refractivity contribution in [2.45, 2.75) is 47.1 Å². The number of benzene rings is 2. The molecule has 2 aromatic carbocycles. The summed E-state index contributed by atoms with van der Waals surface area (Å²) >= 11 is 0. The Balaban J connectivity index is 2.00. The zero-order valence-electron chi connectivity index (χ0n) is 19.3. The first-order chi connectivity index (χ1) is 16.0. The van der Waals surface area contributed by atoms with Crippen LogP contribution in [0.1, 0.15) is 45.2 Å². The summed E-state index contributed by atoms with van der Waals surface area (Å²) in [6.45, 7) is 5.05. The molecule has 0 saturated carbocycles. The summed E-state index contributed by atoms with van der Waals surface area (Å²) < 4.78 is 20.2. The molecule has 0 atom stereocenters. The molecule has 180 valence electrons. The lowest BCUT2D eigenvalue weighted by molar-refractivity contribution is -0.134. The highest BCUT2D eigenvalue weighted by Gasteiger charge is 2.14. The zero-order chi connectivity index (χ0) is 25.3. The second-order valence-electron chi connectivity index (χ2n) is 7.21. The van der Waals surface area contributed by atoms with Gasteiger partial charge in [-0.05, 0) is 41.8 Å². The van der Waals surface area contributed by atoms with Crippen LogP contribution >= 0.6 is 0 Å². The Kier molecular flexibility index (Phi) is 9.30. The van der Waals surface area contributed by atoms with Crippen LogP contribution in [0, 0.1) is 0 Å². The van der Waals surface area contributed by atoms with Crippen LogP contribution in [0.25, 0.3) is 0 Å². The fourth-order valence-electron chi connectivity index (χ4n) is 2.86. The van der Waals surface area contributed by atoms with Gasteiger partial charge in [-0.15, -0.1) is 0 Å². The molecule has 0 bridgehead atoms. The van der Waals surface area contributed by atoms with Gasteiger partial charge in [-0.2, -0.15) is 0 Å². The average molecular weight is 471 g/mol. The van der Waals surface area contributed by atoms with Gasteiger partial charge in [0.2, 0.25) is 5.91 Å². The molecule has 0 saturated heterocycles. The summed E-state index contributed by atoms with van der Waals surface area (Å²) in [5.41, 5.74) is 1.33. The highest BCUT2D eigenvalue weighted by atomic mass is 16.6. The SMILES string of the molecule is CC(=O)Oc1ccc(CCC(=O)NCc2ccc(OC(C)=O)c(OC(C)=O)c2)cc1OC(C)=O. The number of carbonyl (C=O) groups is 5. The zero-order valence-corrected chi connectivity index (χ0v) is 19.3. The maximum Gasteiger partial charge on any atom is 0.308 e. The van der Waals surface area contributed by atoms with E-state index in [9.17, 15) is 24.0 Å². The molecule has 0 unspecified atom stereocenters. The van der Waals surface area contributed by atoms with Gasteiger partial charge in [-0.3, -0.25) is 24.0 Å². The summed E-state index contributed by atoms with van der Waals surface area (Å²) in [5.74, 6) is -2.16. The van der Waals surface area contributed by atoms with Crippen molar-refractivity contribution >= 4 is 29.8 Å². The molecule has 0 aliphatic heterocycles. The normalized spacial score (nSPS) is 10.1. The van der Waals surface area contributed by atoms with Crippen molar-refractivity contribution in [1.82, 2.24) is 5.32 Å². The third-order valence-corrected chi connectivity index (χ3v) is 4.16. The number of hydrogen-bond donors (Lipinski definition) is 1. The van der Waals surface area contributed by atoms with Crippen molar-refractivity contribution in [3.63, 3.8) is 0 Å². The molecule has 2 aromatic rings. The van der Waals surface area contributed by atoms with Crippen LogP contribution in [0.3, 0.4) is 0 Å². The largest absolute Gasteiger partial charge is 0.423 e. The van der Waals surface area contributed by atoms with Crippen molar-refractivity contribution in [3.05, 3.63) is 47.5 Å². The number of esters is 4. The Morgan fingerprint density at radius 1 is 0.618 bits per heavy atom. The van der Waals surface area contributed by atoms with Crippen molar-refractivity contribution in [3.8, 4) is 23.0 Å². The molecule has 0 radical (unpaired) electrons. The first-order valence-corrected chi connectivity index (χ1v) is 10.3. The van der Waals surface area contributed by atoms with Crippen LogP contribution in [0.2, 0.25) is 0 Å². The van der Waals surface area contributed by atoms with Crippen LogP contribution in [-0.2, 0) is 36.9 Å². The van der Waals surface area contributed by atoms with E-state index >= 15 is 0 Å². The molecule has 0 spiro atoms. The fraction of sp³-hybridized carbons (Fsp3) is 0.292. The Morgan fingerprint density at radius 3 is 1.50 bits per heavy atom. The number of hydrogen-bond acceptors (Lipinski definition) is 9. The lowest BCUT2D eigenvalue weighted by Gasteiger charge is -2.12. The predicted molar refractivity (Wildman–Crippen MR) is 118 cm³/mol. The summed E-state index contributed by atoms with van der Waals surface area (Å²) in [6.07, 6.45) is 0.472. The molecule has 2 rings (SSSR count). The second-order valence-corrected chi connectivity index (χ2v) is 7.21. The van der Waals surface area contributed by atoms with E-state index < -0.39 is 23.9 Å². The Hall–Kier alpha value is -4.21. The van der Waals surface area contributed by atoms with Gasteiger partial charge in [0, 0.05) is 40.7 Å². The standard InChI is InChI=1S/C24H25NO9/c1-14(26)31-20-8-5-18(11-22(20)33-16(3)28)7-10-24(30)25-13-19-6-9-21(32-15(2)27)23(12-19)34-17(4)29/h5-6,8-9,11-12H,7,10,13H2,1-4H3,(H,25,30). The van der Waals surface area contributed by atoms with E-state index in [4.69, 9.17) is 18.9 Å². The van der Waals surface area contributed by atoms with E-state index in [2.05, 4.69) is 5.32 Å². The molecule has 0 aromatic heterocycles. The van der Waals surface area contributed by atoms with E-state index in [1.165, 1.54) is 52.0 Å². The topological polar surface area (TPSA) is 134 Å². The third kappa shape index (κ3) is 8.73. The quantitative estimate of drug-likeness (QED) is 0.432. The van der Waals surface area contributed by atoms with Crippen molar-refractivity contribution in [2.24, 2.45) is 0 Å². The van der Waals surface area contributed by atoms with Crippen LogP contribution < -0.4 is 24.3 Å². The van der Waals surface area contributed by atoms with Gasteiger partial charge in [0.25, 0.3) is 0 Å². The molecule has 10 nitrogen and oxygen atoms in total. The van der Waals surface area contributed by atoms with Crippen LogP contribution in [0.4, 0.5) is 0 Å². The van der Waals surface area contributed by atoms with E-state index in [0.717, 1.165) is 0 Å². The van der Waals surface area contributed by atoms with E-state index in [-0.39, 0.29) is 41.9 Å². The first kappa shape index (κ1) is 26.0. The molecule has 10 heteroatoms. The fourth-order valence-corrected chi connectivity index (χ4v) is 2.86. The summed E-state index contributed by atoms with van der Waals surface area (Å²) in [6, 6.07) is 9.30.